The Kier molecular flexibility index (Phi) is 5.50. The fourth-order valence-corrected chi connectivity index (χ4v) is 3.12. The molecule has 1 aliphatic carbocycles. The normalized spacial score (nSPS) is 18.5. The number of nitrogens with one attached hydrogen (secondary N) is 2. The Labute approximate surface area is 147 Å². The van der Waals surface area contributed by atoms with Gasteiger partial charge in [0, 0.05) is 25.3 Å². The second kappa shape index (κ2) is 7.98. The maximum Gasteiger partial charge on any atom is 0.319 e. The molecule has 6 nitrogen and oxygen atoms in total. The van der Waals surface area contributed by atoms with Gasteiger partial charge < -0.3 is 20.1 Å². The summed E-state index contributed by atoms with van der Waals surface area (Å²) in [6.07, 6.45) is 2.47. The molecule has 0 bridgehead atoms. The van der Waals surface area contributed by atoms with Gasteiger partial charge in [-0.05, 0) is 29.7 Å². The van der Waals surface area contributed by atoms with E-state index in [1.54, 1.807) is 25.4 Å². The third kappa shape index (κ3) is 4.09. The van der Waals surface area contributed by atoms with Crippen LogP contribution >= 0.6 is 0 Å². The zero-order valence-electron chi connectivity index (χ0n) is 14.5. The molecule has 0 saturated carbocycles. The van der Waals surface area contributed by atoms with E-state index >= 15 is 0 Å². The predicted octanol–water partition coefficient (Wildman–Crippen LogP) is 2.96. The number of aromatic nitrogens is 1. The Morgan fingerprint density at radius 1 is 1.24 bits per heavy atom. The van der Waals surface area contributed by atoms with Crippen molar-refractivity contribution in [2.24, 2.45) is 0 Å². The Bertz CT molecular complexity index is 735. The number of hydrogen-bond acceptors (Lipinski definition) is 4. The first-order valence-electron chi connectivity index (χ1n) is 8.41. The number of carbonyl (C=O) groups excluding carboxylic acids is 1. The van der Waals surface area contributed by atoms with E-state index < -0.39 is 0 Å². The van der Waals surface area contributed by atoms with E-state index in [1.807, 2.05) is 12.1 Å². The summed E-state index contributed by atoms with van der Waals surface area (Å²) < 4.78 is 10.5. The topological polar surface area (TPSA) is 72.5 Å². The third-order valence-corrected chi connectivity index (χ3v) is 4.45. The number of rotatable bonds is 6. The SMILES string of the molecule is COCCOc1ncccc1NC(=O)N[C@@H]1Cc2ccccc2[C@@H]1C. The van der Waals surface area contributed by atoms with E-state index in [0.29, 0.717) is 24.8 Å². The zero-order valence-corrected chi connectivity index (χ0v) is 14.5. The number of pyridine rings is 1. The smallest absolute Gasteiger partial charge is 0.319 e. The Morgan fingerprint density at radius 2 is 2.08 bits per heavy atom. The van der Waals surface area contributed by atoms with Crippen LogP contribution in [0, 0.1) is 0 Å². The molecule has 2 atom stereocenters. The minimum atomic E-state index is -0.255. The lowest BCUT2D eigenvalue weighted by Crippen LogP contribution is -2.39. The summed E-state index contributed by atoms with van der Waals surface area (Å²) in [6, 6.07) is 11.7. The molecule has 1 heterocycles. The number of nitrogens with zero attached hydrogens (tertiary/aromatic N) is 1. The molecule has 0 saturated heterocycles. The van der Waals surface area contributed by atoms with Crippen LogP contribution in [0.1, 0.15) is 24.0 Å². The minimum Gasteiger partial charge on any atom is -0.474 e. The first kappa shape index (κ1) is 17.2. The lowest BCUT2D eigenvalue weighted by Gasteiger charge is -2.19. The van der Waals surface area contributed by atoms with Crippen LogP contribution in [-0.2, 0) is 11.2 Å². The molecule has 0 unspecified atom stereocenters. The Balaban J connectivity index is 1.60. The number of hydrogen-bond donors (Lipinski definition) is 2. The molecule has 0 spiro atoms. The summed E-state index contributed by atoms with van der Waals surface area (Å²) in [4.78, 5) is 16.6. The second-order valence-corrected chi connectivity index (χ2v) is 6.09. The van der Waals surface area contributed by atoms with Crippen LogP contribution in [0.15, 0.2) is 42.6 Å². The molecule has 0 aliphatic heterocycles. The van der Waals surface area contributed by atoms with Gasteiger partial charge in [-0.3, -0.25) is 0 Å². The van der Waals surface area contributed by atoms with Crippen molar-refractivity contribution >= 4 is 11.7 Å². The van der Waals surface area contributed by atoms with Crippen molar-refractivity contribution in [3.8, 4) is 5.88 Å². The molecule has 1 aromatic heterocycles. The van der Waals surface area contributed by atoms with Crippen molar-refractivity contribution in [3.05, 3.63) is 53.7 Å². The van der Waals surface area contributed by atoms with E-state index in [9.17, 15) is 4.79 Å². The molecule has 2 aromatic rings. The molecule has 0 radical (unpaired) electrons. The van der Waals surface area contributed by atoms with Crippen molar-refractivity contribution in [2.75, 3.05) is 25.6 Å². The van der Waals surface area contributed by atoms with E-state index in [0.717, 1.165) is 6.42 Å². The number of benzene rings is 1. The van der Waals surface area contributed by atoms with Crippen LogP contribution in [0.5, 0.6) is 5.88 Å². The van der Waals surface area contributed by atoms with E-state index in [1.165, 1.54) is 11.1 Å². The van der Waals surface area contributed by atoms with Gasteiger partial charge in [0.05, 0.1) is 6.61 Å². The average Bonchev–Trinajstić information content (AvgIpc) is 2.93. The summed E-state index contributed by atoms with van der Waals surface area (Å²) in [6.45, 7) is 2.97. The largest absolute Gasteiger partial charge is 0.474 e. The monoisotopic (exact) mass is 341 g/mol. The summed E-state index contributed by atoms with van der Waals surface area (Å²) >= 11 is 0. The third-order valence-electron chi connectivity index (χ3n) is 4.45. The Morgan fingerprint density at radius 3 is 2.88 bits per heavy atom. The van der Waals surface area contributed by atoms with Crippen LogP contribution in [0.25, 0.3) is 0 Å². The van der Waals surface area contributed by atoms with Crippen LogP contribution in [0.2, 0.25) is 0 Å². The number of anilines is 1. The van der Waals surface area contributed by atoms with Crippen LogP contribution < -0.4 is 15.4 Å². The number of amides is 2. The highest BCUT2D eigenvalue weighted by Gasteiger charge is 2.29. The quantitative estimate of drug-likeness (QED) is 0.793. The Hall–Kier alpha value is -2.60. The van der Waals surface area contributed by atoms with E-state index in [4.69, 9.17) is 9.47 Å². The van der Waals surface area contributed by atoms with Gasteiger partial charge in [0.1, 0.15) is 12.3 Å². The fraction of sp³-hybridized carbons (Fsp3) is 0.368. The molecule has 0 fully saturated rings. The van der Waals surface area contributed by atoms with E-state index in [2.05, 4.69) is 34.7 Å². The van der Waals surface area contributed by atoms with Gasteiger partial charge in [-0.2, -0.15) is 0 Å². The molecule has 6 heteroatoms. The summed E-state index contributed by atoms with van der Waals surface area (Å²) in [5.74, 6) is 0.672. The first-order chi connectivity index (χ1) is 12.2. The molecule has 132 valence electrons. The average molecular weight is 341 g/mol. The summed E-state index contributed by atoms with van der Waals surface area (Å²) in [7, 11) is 1.61. The molecule has 1 aromatic carbocycles. The highest BCUT2D eigenvalue weighted by atomic mass is 16.5. The van der Waals surface area contributed by atoms with Gasteiger partial charge in [0.15, 0.2) is 0 Å². The maximum atomic E-state index is 12.4. The summed E-state index contributed by atoms with van der Waals surface area (Å²) in [5.41, 5.74) is 3.14. The molecule has 25 heavy (non-hydrogen) atoms. The van der Waals surface area contributed by atoms with Crippen LogP contribution in [0.4, 0.5) is 10.5 Å². The number of methoxy groups -OCH3 is 1. The molecular weight excluding hydrogens is 318 g/mol. The van der Waals surface area contributed by atoms with Crippen molar-refractivity contribution in [3.63, 3.8) is 0 Å². The lowest BCUT2D eigenvalue weighted by atomic mass is 10.0. The molecule has 3 rings (SSSR count). The van der Waals surface area contributed by atoms with Gasteiger partial charge >= 0.3 is 6.03 Å². The minimum absolute atomic E-state index is 0.0759. The molecule has 1 aliphatic rings. The van der Waals surface area contributed by atoms with Gasteiger partial charge in [-0.1, -0.05) is 31.2 Å². The van der Waals surface area contributed by atoms with Crippen molar-refractivity contribution < 1.29 is 14.3 Å². The molecule has 2 N–H and O–H groups in total. The second-order valence-electron chi connectivity index (χ2n) is 6.09. The highest BCUT2D eigenvalue weighted by Crippen LogP contribution is 2.32. The number of carbonyl (C=O) groups is 1. The van der Waals surface area contributed by atoms with Crippen molar-refractivity contribution in [2.45, 2.75) is 25.3 Å². The standard InChI is InChI=1S/C19H23N3O3/c1-13-15-7-4-3-6-14(15)12-17(13)22-19(23)21-16-8-5-9-20-18(16)25-11-10-24-2/h3-9,13,17H,10-12H2,1-2H3,(H2,21,22,23)/t13-,17+/m0/s1. The number of urea groups is 1. The number of ether oxygens (including phenoxy) is 2. The van der Waals surface area contributed by atoms with Gasteiger partial charge in [-0.15, -0.1) is 0 Å². The molecular formula is C19H23N3O3. The van der Waals surface area contributed by atoms with Crippen molar-refractivity contribution in [1.82, 2.24) is 10.3 Å². The van der Waals surface area contributed by atoms with Crippen LogP contribution in [-0.4, -0.2) is 37.4 Å². The van der Waals surface area contributed by atoms with Crippen molar-refractivity contribution in [1.29, 1.82) is 0 Å². The highest BCUT2D eigenvalue weighted by molar-refractivity contribution is 5.90. The molecule has 2 amide bonds. The maximum absolute atomic E-state index is 12.4. The predicted molar refractivity (Wildman–Crippen MR) is 96.1 cm³/mol. The van der Waals surface area contributed by atoms with E-state index in [-0.39, 0.29) is 18.0 Å². The number of fused-ring (bicyclic) bond motifs is 1. The van der Waals surface area contributed by atoms with Gasteiger partial charge in [0.25, 0.3) is 0 Å². The van der Waals surface area contributed by atoms with Crippen LogP contribution in [0.3, 0.4) is 0 Å². The zero-order chi connectivity index (χ0) is 17.6. The first-order valence-corrected chi connectivity index (χ1v) is 8.41. The van der Waals surface area contributed by atoms with Gasteiger partial charge in [0.2, 0.25) is 5.88 Å². The van der Waals surface area contributed by atoms with Gasteiger partial charge in [-0.25, -0.2) is 9.78 Å². The lowest BCUT2D eigenvalue weighted by molar-refractivity contribution is 0.144. The fourth-order valence-electron chi connectivity index (χ4n) is 3.12. The summed E-state index contributed by atoms with van der Waals surface area (Å²) in [5, 5.41) is 5.89.